The molecule has 1 saturated carbocycles. The molecule has 1 unspecified atom stereocenters. The summed E-state index contributed by atoms with van der Waals surface area (Å²) in [5.41, 5.74) is 8.19. The number of rotatable bonds is 7. The van der Waals surface area contributed by atoms with Gasteiger partial charge in [0, 0.05) is 19.7 Å². The Balaban J connectivity index is 0.00000129. The fourth-order valence-electron chi connectivity index (χ4n) is 3.94. The lowest BCUT2D eigenvalue weighted by molar-refractivity contribution is -0.119. The minimum atomic E-state index is -0.985. The highest BCUT2D eigenvalue weighted by Gasteiger charge is 2.38. The summed E-state index contributed by atoms with van der Waals surface area (Å²) in [5.74, 6) is -0.0740. The van der Waals surface area contributed by atoms with Crippen LogP contribution in [0.2, 0.25) is 0 Å². The highest BCUT2D eigenvalue weighted by atomic mass is 19.1. The van der Waals surface area contributed by atoms with Crippen molar-refractivity contribution >= 4 is 29.4 Å². The number of amidine groups is 1. The van der Waals surface area contributed by atoms with Crippen LogP contribution >= 0.6 is 0 Å². The third-order valence-electron chi connectivity index (χ3n) is 5.87. The van der Waals surface area contributed by atoms with E-state index in [1.165, 1.54) is 6.92 Å². The largest absolute Gasteiger partial charge is 0.394 e. The lowest BCUT2D eigenvalue weighted by Gasteiger charge is -2.28. The number of benzene rings is 1. The Morgan fingerprint density at radius 2 is 2.03 bits per heavy atom. The fourth-order valence-corrected chi connectivity index (χ4v) is 3.94. The van der Waals surface area contributed by atoms with E-state index in [1.54, 1.807) is 37.5 Å². The molecular weight excluding hydrogens is 435 g/mol. The van der Waals surface area contributed by atoms with E-state index >= 15 is 0 Å². The van der Waals surface area contributed by atoms with Crippen molar-refractivity contribution in [2.24, 2.45) is 10.7 Å². The molecule has 8 nitrogen and oxygen atoms in total. The van der Waals surface area contributed by atoms with Gasteiger partial charge in [-0.15, -0.1) is 0 Å². The van der Waals surface area contributed by atoms with Gasteiger partial charge in [0.05, 0.1) is 34.5 Å². The van der Waals surface area contributed by atoms with Gasteiger partial charge in [0.1, 0.15) is 12.0 Å². The number of nitrogens with zero attached hydrogens (tertiary/aromatic N) is 2. The van der Waals surface area contributed by atoms with E-state index in [9.17, 15) is 14.0 Å². The molecule has 0 bridgehead atoms. The summed E-state index contributed by atoms with van der Waals surface area (Å²) in [5, 5.41) is 16.2. The van der Waals surface area contributed by atoms with Crippen LogP contribution in [0.3, 0.4) is 0 Å². The molecule has 1 aromatic rings. The molecule has 2 atom stereocenters. The number of nitrogens with two attached hydrogens (primary N) is 1. The first-order valence-electron chi connectivity index (χ1n) is 11.2. The first-order valence-corrected chi connectivity index (χ1v) is 11.2. The molecule has 0 saturated heterocycles. The molecular formula is C25H33FN6O2. The molecule has 2 aliphatic rings. The first kappa shape index (κ1) is 26.6. The molecule has 0 aromatic heterocycles. The molecule has 0 spiro atoms. The van der Waals surface area contributed by atoms with Crippen LogP contribution in [0.25, 0.3) is 0 Å². The number of nitrogens with one attached hydrogen (secondary N) is 3. The van der Waals surface area contributed by atoms with E-state index < -0.39 is 11.6 Å². The molecule has 9 heteroatoms. The maximum atomic E-state index is 14.4. The number of hydrogen-bond donors (Lipinski definition) is 4. The number of amides is 1. The monoisotopic (exact) mass is 468 g/mol. The second kappa shape index (κ2) is 12.0. The number of fused-ring (bicyclic) bond motifs is 1. The van der Waals surface area contributed by atoms with Crippen LogP contribution in [0, 0.1) is 11.3 Å². The van der Waals surface area contributed by atoms with Crippen molar-refractivity contribution in [2.45, 2.75) is 64.1 Å². The van der Waals surface area contributed by atoms with Crippen LogP contribution < -0.4 is 21.7 Å². The third-order valence-corrected chi connectivity index (χ3v) is 5.87. The predicted molar refractivity (Wildman–Crippen MR) is 132 cm³/mol. The Kier molecular flexibility index (Phi) is 9.36. The van der Waals surface area contributed by atoms with Gasteiger partial charge >= 0.3 is 0 Å². The average Bonchev–Trinajstić information content (AvgIpc) is 3.02. The molecule has 34 heavy (non-hydrogen) atoms. The molecule has 1 heterocycles. The molecule has 1 aliphatic heterocycles. The molecule has 1 aromatic carbocycles. The second-order valence-electron chi connectivity index (χ2n) is 8.65. The number of alkyl halides is 1. The SMILES string of the molecule is CC#N.CN/C=C\C(NC1CCCC[C@H]1F)=C(/C=O)C(N)=Nc1ccc2c(c1)NC(=O)C2(C)C. The lowest BCUT2D eigenvalue weighted by atomic mass is 9.86. The van der Waals surface area contributed by atoms with Crippen molar-refractivity contribution in [3.05, 3.63) is 47.3 Å². The van der Waals surface area contributed by atoms with Gasteiger partial charge in [-0.3, -0.25) is 9.59 Å². The molecule has 5 N–H and O–H groups in total. The standard InChI is InChI=1S/C23H30FN5O2.C2H3N/c1-23(2)16-9-8-14(12-20(16)29-22(23)31)27-21(25)15(13-30)18(10-11-26-3)28-19-7-5-4-6-17(19)24;1-2-3/h8-13,17,19,26,28H,4-7H2,1-3H3,(H2,25,27)(H,29,31);1H3/b11-10-,18-15-;/t17-,19?;/m1./s1. The number of hydrogen-bond acceptors (Lipinski definition) is 6. The number of anilines is 1. The Morgan fingerprint density at radius 1 is 1.35 bits per heavy atom. The predicted octanol–water partition coefficient (Wildman–Crippen LogP) is 3.49. The summed E-state index contributed by atoms with van der Waals surface area (Å²) in [6.45, 7) is 5.14. The molecule has 182 valence electrons. The van der Waals surface area contributed by atoms with E-state index in [0.717, 1.165) is 18.4 Å². The maximum Gasteiger partial charge on any atom is 0.234 e. The van der Waals surface area contributed by atoms with Crippen LogP contribution in [0.4, 0.5) is 15.8 Å². The molecule has 1 aliphatic carbocycles. The lowest BCUT2D eigenvalue weighted by Crippen LogP contribution is -2.40. The van der Waals surface area contributed by atoms with E-state index in [-0.39, 0.29) is 23.4 Å². The van der Waals surface area contributed by atoms with Gasteiger partial charge in [-0.25, -0.2) is 9.38 Å². The summed E-state index contributed by atoms with van der Waals surface area (Å²) in [4.78, 5) is 28.5. The summed E-state index contributed by atoms with van der Waals surface area (Å²) in [7, 11) is 1.73. The number of carbonyl (C=O) groups excluding carboxylic acids is 2. The van der Waals surface area contributed by atoms with Crippen molar-refractivity contribution in [1.29, 1.82) is 5.26 Å². The van der Waals surface area contributed by atoms with Crippen LogP contribution in [-0.4, -0.2) is 37.3 Å². The van der Waals surface area contributed by atoms with E-state index in [0.29, 0.717) is 36.2 Å². The Morgan fingerprint density at radius 3 is 2.65 bits per heavy atom. The van der Waals surface area contributed by atoms with Crippen LogP contribution in [0.5, 0.6) is 0 Å². The number of aliphatic imine (C=N–C) groups is 1. The van der Waals surface area contributed by atoms with Gasteiger partial charge in [0.15, 0.2) is 6.29 Å². The molecule has 1 fully saturated rings. The summed E-state index contributed by atoms with van der Waals surface area (Å²) in [6.07, 6.45) is 5.90. The van der Waals surface area contributed by atoms with Crippen molar-refractivity contribution in [3.8, 4) is 6.07 Å². The zero-order valence-corrected chi connectivity index (χ0v) is 20.1. The van der Waals surface area contributed by atoms with Gasteiger partial charge in [-0.2, -0.15) is 5.26 Å². The summed E-state index contributed by atoms with van der Waals surface area (Å²) < 4.78 is 14.4. The molecule has 0 radical (unpaired) electrons. The van der Waals surface area contributed by atoms with Gasteiger partial charge in [-0.05, 0) is 56.7 Å². The van der Waals surface area contributed by atoms with Crippen molar-refractivity contribution in [1.82, 2.24) is 10.6 Å². The number of aldehydes is 1. The topological polar surface area (TPSA) is 132 Å². The third kappa shape index (κ3) is 6.22. The van der Waals surface area contributed by atoms with Gasteiger partial charge in [0.25, 0.3) is 0 Å². The molecule has 1 amide bonds. The Hall–Kier alpha value is -3.67. The zero-order chi connectivity index (χ0) is 25.3. The van der Waals surface area contributed by atoms with Crippen LogP contribution in [-0.2, 0) is 15.0 Å². The van der Waals surface area contributed by atoms with Crippen LogP contribution in [0.1, 0.15) is 52.0 Å². The van der Waals surface area contributed by atoms with Gasteiger partial charge in [0.2, 0.25) is 5.91 Å². The number of nitriles is 1. The Labute approximate surface area is 200 Å². The van der Waals surface area contributed by atoms with Crippen molar-refractivity contribution in [3.63, 3.8) is 0 Å². The van der Waals surface area contributed by atoms with Crippen molar-refractivity contribution in [2.75, 3.05) is 12.4 Å². The summed E-state index contributed by atoms with van der Waals surface area (Å²) in [6, 6.07) is 6.68. The number of halogens is 1. The van der Waals surface area contributed by atoms with Gasteiger partial charge in [-0.1, -0.05) is 18.9 Å². The zero-order valence-electron chi connectivity index (χ0n) is 20.1. The Bertz CT molecular complexity index is 1040. The van der Waals surface area contributed by atoms with E-state index in [4.69, 9.17) is 11.0 Å². The molecule has 3 rings (SSSR count). The fraction of sp³-hybridized carbons (Fsp3) is 0.440. The average molecular weight is 469 g/mol. The highest BCUT2D eigenvalue weighted by Crippen LogP contribution is 2.39. The smallest absolute Gasteiger partial charge is 0.234 e. The van der Waals surface area contributed by atoms with E-state index in [2.05, 4.69) is 20.9 Å². The highest BCUT2D eigenvalue weighted by molar-refractivity contribution is 6.14. The number of carbonyl (C=O) groups is 2. The van der Waals surface area contributed by atoms with Crippen LogP contribution in [0.15, 0.2) is 46.7 Å². The van der Waals surface area contributed by atoms with Crippen molar-refractivity contribution < 1.29 is 14.0 Å². The maximum absolute atomic E-state index is 14.4. The van der Waals surface area contributed by atoms with Gasteiger partial charge < -0.3 is 21.7 Å². The quantitative estimate of drug-likeness (QED) is 0.159. The minimum Gasteiger partial charge on any atom is -0.394 e. The summed E-state index contributed by atoms with van der Waals surface area (Å²) >= 11 is 0. The first-order chi connectivity index (χ1) is 16.2. The normalized spacial score (nSPS) is 21.9. The number of allylic oxidation sites excluding steroid dienone is 1. The minimum absolute atomic E-state index is 0.00741. The second-order valence-corrected chi connectivity index (χ2v) is 8.65. The van der Waals surface area contributed by atoms with E-state index in [1.807, 2.05) is 19.9 Å².